The minimum Gasteiger partial charge on any atom is -0.474 e. The predicted molar refractivity (Wildman–Crippen MR) is 91.2 cm³/mol. The van der Waals surface area contributed by atoms with E-state index in [-0.39, 0.29) is 12.1 Å². The molecule has 0 radical (unpaired) electrons. The molecule has 1 N–H and O–H groups in total. The largest absolute Gasteiger partial charge is 0.474 e. The molecule has 1 unspecified atom stereocenters. The number of halogens is 3. The summed E-state index contributed by atoms with van der Waals surface area (Å²) in [5.74, 6) is -0.0638. The number of anilines is 2. The van der Waals surface area contributed by atoms with Crippen molar-refractivity contribution in [2.75, 3.05) is 5.32 Å². The van der Waals surface area contributed by atoms with Gasteiger partial charge in [0.05, 0.1) is 6.10 Å². The van der Waals surface area contributed by atoms with Crippen LogP contribution < -0.4 is 10.1 Å². The Labute approximate surface area is 145 Å². The average Bonchev–Trinajstić information content (AvgIpc) is 2.54. The number of nitrogens with one attached hydrogen (secondary N) is 1. The second-order valence-electron chi connectivity index (χ2n) is 6.15. The number of nitrogens with zero attached hydrogens (tertiary/aromatic N) is 2. The summed E-state index contributed by atoms with van der Waals surface area (Å²) in [6.45, 7) is 7.65. The Hall–Kier alpha value is -2.31. The zero-order valence-corrected chi connectivity index (χ0v) is 14.7. The fraction of sp³-hybridized carbons (Fsp3) is 0.444. The zero-order chi connectivity index (χ0) is 18.6. The van der Waals surface area contributed by atoms with Gasteiger partial charge in [-0.1, -0.05) is 32.9 Å². The minimum atomic E-state index is -4.57. The Bertz CT molecular complexity index is 717. The SMILES string of the molecule is CCC(C)Oc1nc(Nc2cccc(C(C)C)c2)ncc1C(F)(F)F. The highest BCUT2D eigenvalue weighted by molar-refractivity contribution is 5.55. The van der Waals surface area contributed by atoms with Crippen LogP contribution in [0.2, 0.25) is 0 Å². The average molecular weight is 353 g/mol. The molecular weight excluding hydrogens is 331 g/mol. The van der Waals surface area contributed by atoms with Gasteiger partial charge in [-0.15, -0.1) is 0 Å². The Morgan fingerprint density at radius 2 is 1.92 bits per heavy atom. The molecule has 1 atom stereocenters. The summed E-state index contributed by atoms with van der Waals surface area (Å²) in [7, 11) is 0. The van der Waals surface area contributed by atoms with Crippen molar-refractivity contribution in [1.82, 2.24) is 9.97 Å². The van der Waals surface area contributed by atoms with E-state index in [4.69, 9.17) is 4.74 Å². The van der Waals surface area contributed by atoms with Gasteiger partial charge >= 0.3 is 6.18 Å². The van der Waals surface area contributed by atoms with Gasteiger partial charge in [-0.05, 0) is 37.0 Å². The Morgan fingerprint density at radius 3 is 2.52 bits per heavy atom. The van der Waals surface area contributed by atoms with Crippen molar-refractivity contribution in [3.05, 3.63) is 41.6 Å². The second-order valence-corrected chi connectivity index (χ2v) is 6.15. The lowest BCUT2D eigenvalue weighted by atomic mass is 10.0. The van der Waals surface area contributed by atoms with E-state index in [0.29, 0.717) is 18.0 Å². The molecule has 1 heterocycles. The molecule has 0 aliphatic heterocycles. The molecule has 25 heavy (non-hydrogen) atoms. The van der Waals surface area contributed by atoms with Gasteiger partial charge in [-0.2, -0.15) is 18.2 Å². The molecule has 7 heteroatoms. The summed E-state index contributed by atoms with van der Waals surface area (Å²) in [6.07, 6.45) is -3.63. The highest BCUT2D eigenvalue weighted by Gasteiger charge is 2.36. The van der Waals surface area contributed by atoms with Gasteiger partial charge in [0.15, 0.2) is 0 Å². The number of hydrogen-bond donors (Lipinski definition) is 1. The van der Waals surface area contributed by atoms with Crippen molar-refractivity contribution in [2.45, 2.75) is 52.3 Å². The van der Waals surface area contributed by atoms with Crippen molar-refractivity contribution >= 4 is 11.6 Å². The maximum Gasteiger partial charge on any atom is 0.423 e. The molecule has 136 valence electrons. The van der Waals surface area contributed by atoms with Crippen molar-refractivity contribution in [2.24, 2.45) is 0 Å². The zero-order valence-electron chi connectivity index (χ0n) is 14.7. The summed E-state index contributed by atoms with van der Waals surface area (Å²) in [5.41, 5.74) is 0.836. The first kappa shape index (κ1) is 19.0. The summed E-state index contributed by atoms with van der Waals surface area (Å²) in [6, 6.07) is 7.59. The molecule has 0 aliphatic rings. The number of benzene rings is 1. The van der Waals surface area contributed by atoms with E-state index in [2.05, 4.69) is 29.1 Å². The summed E-state index contributed by atoms with van der Waals surface area (Å²) >= 11 is 0. The lowest BCUT2D eigenvalue weighted by molar-refractivity contribution is -0.139. The van der Waals surface area contributed by atoms with Gasteiger partial charge in [0.25, 0.3) is 0 Å². The monoisotopic (exact) mass is 353 g/mol. The number of ether oxygens (including phenoxy) is 1. The van der Waals surface area contributed by atoms with Crippen LogP contribution in [0.4, 0.5) is 24.8 Å². The lowest BCUT2D eigenvalue weighted by Crippen LogP contribution is -2.17. The molecule has 2 rings (SSSR count). The Morgan fingerprint density at radius 1 is 1.20 bits per heavy atom. The molecular formula is C18H22F3N3O. The van der Waals surface area contributed by atoms with Gasteiger partial charge in [0.1, 0.15) is 5.56 Å². The Balaban J connectivity index is 2.33. The first-order valence-corrected chi connectivity index (χ1v) is 8.18. The molecule has 0 amide bonds. The predicted octanol–water partition coefficient (Wildman–Crippen LogP) is 5.54. The van der Waals surface area contributed by atoms with Crippen LogP contribution in [0.5, 0.6) is 5.88 Å². The van der Waals surface area contributed by atoms with Gasteiger partial charge in [-0.3, -0.25) is 0 Å². The quantitative estimate of drug-likeness (QED) is 0.741. The van der Waals surface area contributed by atoms with E-state index < -0.39 is 17.6 Å². The van der Waals surface area contributed by atoms with Crippen LogP contribution in [0.3, 0.4) is 0 Å². The van der Waals surface area contributed by atoms with E-state index in [1.807, 2.05) is 31.2 Å². The topological polar surface area (TPSA) is 47.0 Å². The fourth-order valence-corrected chi connectivity index (χ4v) is 2.09. The van der Waals surface area contributed by atoms with E-state index >= 15 is 0 Å². The third-order valence-electron chi connectivity index (χ3n) is 3.76. The molecule has 4 nitrogen and oxygen atoms in total. The van der Waals surface area contributed by atoms with Crippen LogP contribution in [0.1, 0.15) is 51.2 Å². The molecule has 0 fully saturated rings. The normalized spacial score (nSPS) is 13.0. The lowest BCUT2D eigenvalue weighted by Gasteiger charge is -2.17. The second kappa shape index (κ2) is 7.72. The van der Waals surface area contributed by atoms with Crippen molar-refractivity contribution in [3.8, 4) is 5.88 Å². The van der Waals surface area contributed by atoms with E-state index in [9.17, 15) is 13.2 Å². The van der Waals surface area contributed by atoms with Gasteiger partial charge < -0.3 is 10.1 Å². The molecule has 0 spiro atoms. The number of rotatable bonds is 6. The van der Waals surface area contributed by atoms with Gasteiger partial charge in [0, 0.05) is 11.9 Å². The minimum absolute atomic E-state index is 0.0622. The van der Waals surface area contributed by atoms with Crippen LogP contribution in [-0.4, -0.2) is 16.1 Å². The summed E-state index contributed by atoms with van der Waals surface area (Å²) in [5, 5.41) is 2.94. The van der Waals surface area contributed by atoms with Crippen LogP contribution in [0.15, 0.2) is 30.5 Å². The first-order chi connectivity index (χ1) is 11.7. The fourth-order valence-electron chi connectivity index (χ4n) is 2.09. The smallest absolute Gasteiger partial charge is 0.423 e. The molecule has 2 aromatic rings. The number of aromatic nitrogens is 2. The van der Waals surface area contributed by atoms with Crippen LogP contribution in [0.25, 0.3) is 0 Å². The number of hydrogen-bond acceptors (Lipinski definition) is 4. The molecule has 0 saturated heterocycles. The summed E-state index contributed by atoms with van der Waals surface area (Å²) in [4.78, 5) is 7.72. The molecule has 0 bridgehead atoms. The van der Waals surface area contributed by atoms with Crippen LogP contribution in [0, 0.1) is 0 Å². The Kier molecular flexibility index (Phi) is 5.87. The number of alkyl halides is 3. The highest BCUT2D eigenvalue weighted by Crippen LogP contribution is 2.36. The van der Waals surface area contributed by atoms with Gasteiger partial charge in [-0.25, -0.2) is 4.98 Å². The third kappa shape index (κ3) is 5.08. The maximum absolute atomic E-state index is 13.1. The van der Waals surface area contributed by atoms with Crippen molar-refractivity contribution in [1.29, 1.82) is 0 Å². The molecule has 0 aliphatic carbocycles. The van der Waals surface area contributed by atoms with Crippen molar-refractivity contribution in [3.63, 3.8) is 0 Å². The molecule has 1 aromatic heterocycles. The van der Waals surface area contributed by atoms with Crippen molar-refractivity contribution < 1.29 is 17.9 Å². The molecule has 0 saturated carbocycles. The van der Waals surface area contributed by atoms with E-state index in [0.717, 1.165) is 11.8 Å². The van der Waals surface area contributed by atoms with Crippen LogP contribution >= 0.6 is 0 Å². The van der Waals surface area contributed by atoms with E-state index in [1.54, 1.807) is 6.92 Å². The first-order valence-electron chi connectivity index (χ1n) is 8.18. The van der Waals surface area contributed by atoms with Crippen LogP contribution in [-0.2, 0) is 6.18 Å². The van der Waals surface area contributed by atoms with Gasteiger partial charge in [0.2, 0.25) is 11.8 Å². The summed E-state index contributed by atoms with van der Waals surface area (Å²) < 4.78 is 44.7. The van der Waals surface area contributed by atoms with E-state index in [1.165, 1.54) is 0 Å². The maximum atomic E-state index is 13.1. The highest BCUT2D eigenvalue weighted by atomic mass is 19.4. The standard InChI is InChI=1S/C18H22F3N3O/c1-5-12(4)25-16-15(18(19,20)21)10-22-17(24-16)23-14-8-6-7-13(9-14)11(2)3/h6-12H,5H2,1-4H3,(H,22,23,24). The third-order valence-corrected chi connectivity index (χ3v) is 3.76. The molecule has 1 aromatic carbocycles.